The number of halogens is 2. The number of imide groups is 1. The first-order valence-corrected chi connectivity index (χ1v) is 11.5. The van der Waals surface area contributed by atoms with E-state index in [0.717, 1.165) is 10.5 Å². The van der Waals surface area contributed by atoms with Crippen molar-refractivity contribution in [1.29, 1.82) is 0 Å². The second-order valence-corrected chi connectivity index (χ2v) is 8.43. The molecule has 0 bridgehead atoms. The Hall–Kier alpha value is -3.81. The highest BCUT2D eigenvalue weighted by molar-refractivity contribution is 6.53. The first kappa shape index (κ1) is 24.3. The van der Waals surface area contributed by atoms with Crippen LogP contribution in [0, 0.1) is 0 Å². The molecule has 35 heavy (non-hydrogen) atoms. The Bertz CT molecular complexity index is 1300. The van der Waals surface area contributed by atoms with Crippen molar-refractivity contribution in [1.82, 2.24) is 0 Å². The summed E-state index contributed by atoms with van der Waals surface area (Å²) in [5.41, 5.74) is 2.30. The van der Waals surface area contributed by atoms with Gasteiger partial charge in [0.1, 0.15) is 16.5 Å². The largest absolute Gasteiger partial charge is 0.494 e. The zero-order valence-corrected chi connectivity index (χ0v) is 20.2. The minimum Gasteiger partial charge on any atom is -0.494 e. The SMILES string of the molecule is CCOc1ccc(N2C(=O)C(Cl)=C(Nc3ccc(CC(=O)Nc4cccc(Cl)c4)cc3)C2=O)cc1. The van der Waals surface area contributed by atoms with Crippen molar-refractivity contribution in [2.24, 2.45) is 0 Å². The molecular formula is C26H21Cl2N3O4. The number of carbonyl (C=O) groups excluding carboxylic acids is 3. The standard InChI is InChI=1S/C26H21Cl2N3O4/c1-2-35-21-12-10-20(11-13-21)31-25(33)23(28)24(26(31)34)30-18-8-6-16(7-9-18)14-22(32)29-19-5-3-4-17(27)15-19/h3-13,15,30H,2,14H2,1H3,(H,29,32). The van der Waals surface area contributed by atoms with Crippen LogP contribution in [-0.2, 0) is 20.8 Å². The first-order chi connectivity index (χ1) is 16.9. The molecule has 1 aliphatic heterocycles. The highest BCUT2D eigenvalue weighted by atomic mass is 35.5. The number of benzene rings is 3. The van der Waals surface area contributed by atoms with Crippen LogP contribution in [-0.4, -0.2) is 24.3 Å². The number of nitrogens with one attached hydrogen (secondary N) is 2. The average Bonchev–Trinajstić information content (AvgIpc) is 3.04. The van der Waals surface area contributed by atoms with E-state index < -0.39 is 11.8 Å². The Labute approximate surface area is 212 Å². The highest BCUT2D eigenvalue weighted by Gasteiger charge is 2.38. The Morgan fingerprint density at radius 1 is 0.914 bits per heavy atom. The number of hydrogen-bond donors (Lipinski definition) is 2. The fourth-order valence-corrected chi connectivity index (χ4v) is 3.91. The maximum atomic E-state index is 13.0. The molecule has 7 nitrogen and oxygen atoms in total. The Morgan fingerprint density at radius 2 is 1.63 bits per heavy atom. The molecule has 0 radical (unpaired) electrons. The first-order valence-electron chi connectivity index (χ1n) is 10.8. The van der Waals surface area contributed by atoms with Crippen molar-refractivity contribution in [3.05, 3.63) is 94.1 Å². The molecule has 3 amide bonds. The van der Waals surface area contributed by atoms with Gasteiger partial charge in [-0.15, -0.1) is 0 Å². The predicted molar refractivity (Wildman–Crippen MR) is 137 cm³/mol. The number of hydrogen-bond acceptors (Lipinski definition) is 5. The lowest BCUT2D eigenvalue weighted by Gasteiger charge is -2.15. The van der Waals surface area contributed by atoms with E-state index in [0.29, 0.717) is 34.4 Å². The minimum atomic E-state index is -0.613. The van der Waals surface area contributed by atoms with Gasteiger partial charge in [-0.1, -0.05) is 41.4 Å². The minimum absolute atomic E-state index is 0.0167. The van der Waals surface area contributed by atoms with Gasteiger partial charge in [-0.25, -0.2) is 4.90 Å². The van der Waals surface area contributed by atoms with Gasteiger partial charge >= 0.3 is 0 Å². The van der Waals surface area contributed by atoms with Crippen LogP contribution in [0.1, 0.15) is 12.5 Å². The second-order valence-electron chi connectivity index (χ2n) is 7.62. The lowest BCUT2D eigenvalue weighted by atomic mass is 10.1. The van der Waals surface area contributed by atoms with Crippen LogP contribution in [0.5, 0.6) is 5.75 Å². The molecule has 3 aromatic carbocycles. The average molecular weight is 510 g/mol. The van der Waals surface area contributed by atoms with Crippen molar-refractivity contribution in [2.75, 3.05) is 22.1 Å². The van der Waals surface area contributed by atoms with Gasteiger partial charge in [0.05, 0.1) is 18.7 Å². The lowest BCUT2D eigenvalue weighted by Crippen LogP contribution is -2.32. The third kappa shape index (κ3) is 5.65. The number of amides is 3. The molecule has 2 N–H and O–H groups in total. The van der Waals surface area contributed by atoms with E-state index in [-0.39, 0.29) is 23.1 Å². The van der Waals surface area contributed by atoms with E-state index in [9.17, 15) is 14.4 Å². The molecule has 0 fully saturated rings. The van der Waals surface area contributed by atoms with Gasteiger partial charge in [0.15, 0.2) is 0 Å². The molecule has 0 spiro atoms. The maximum absolute atomic E-state index is 13.0. The van der Waals surface area contributed by atoms with Gasteiger partial charge < -0.3 is 15.4 Å². The van der Waals surface area contributed by atoms with Crippen LogP contribution in [0.2, 0.25) is 5.02 Å². The summed E-state index contributed by atoms with van der Waals surface area (Å²) in [7, 11) is 0. The van der Waals surface area contributed by atoms with Crippen LogP contribution < -0.4 is 20.3 Å². The monoisotopic (exact) mass is 509 g/mol. The molecule has 1 heterocycles. The van der Waals surface area contributed by atoms with E-state index >= 15 is 0 Å². The molecular weight excluding hydrogens is 489 g/mol. The molecule has 0 unspecified atom stereocenters. The Kier molecular flexibility index (Phi) is 7.39. The van der Waals surface area contributed by atoms with Gasteiger partial charge in [-0.3, -0.25) is 14.4 Å². The zero-order chi connectivity index (χ0) is 24.9. The van der Waals surface area contributed by atoms with Crippen LogP contribution in [0.15, 0.2) is 83.5 Å². The van der Waals surface area contributed by atoms with Crippen molar-refractivity contribution in [3.8, 4) is 5.75 Å². The Morgan fingerprint density at radius 3 is 2.29 bits per heavy atom. The molecule has 0 saturated carbocycles. The third-order valence-electron chi connectivity index (χ3n) is 5.13. The van der Waals surface area contributed by atoms with E-state index in [1.807, 2.05) is 6.92 Å². The van der Waals surface area contributed by atoms with Crippen LogP contribution >= 0.6 is 23.2 Å². The molecule has 178 valence electrons. The smallest absolute Gasteiger partial charge is 0.283 e. The molecule has 0 aromatic heterocycles. The fourth-order valence-electron chi connectivity index (χ4n) is 3.51. The van der Waals surface area contributed by atoms with Gasteiger partial charge in [0.25, 0.3) is 11.8 Å². The molecule has 0 saturated heterocycles. The quantitative estimate of drug-likeness (QED) is 0.399. The highest BCUT2D eigenvalue weighted by Crippen LogP contribution is 2.31. The van der Waals surface area contributed by atoms with E-state index in [2.05, 4.69) is 10.6 Å². The molecule has 1 aliphatic rings. The van der Waals surface area contributed by atoms with Crippen molar-refractivity contribution in [2.45, 2.75) is 13.3 Å². The van der Waals surface area contributed by atoms with Gasteiger partial charge in [0.2, 0.25) is 5.91 Å². The summed E-state index contributed by atoms with van der Waals surface area (Å²) >= 11 is 12.1. The lowest BCUT2D eigenvalue weighted by molar-refractivity contribution is -0.120. The summed E-state index contributed by atoms with van der Waals surface area (Å²) in [5.74, 6) is -0.734. The number of anilines is 3. The number of nitrogens with zero attached hydrogens (tertiary/aromatic N) is 1. The summed E-state index contributed by atoms with van der Waals surface area (Å²) in [6.45, 7) is 2.37. The van der Waals surface area contributed by atoms with Gasteiger partial charge in [0, 0.05) is 16.4 Å². The van der Waals surface area contributed by atoms with Crippen molar-refractivity contribution < 1.29 is 19.1 Å². The molecule has 9 heteroatoms. The summed E-state index contributed by atoms with van der Waals surface area (Å²) in [6, 6.07) is 20.4. The molecule has 4 rings (SSSR count). The van der Waals surface area contributed by atoms with Gasteiger partial charge in [-0.05, 0) is 67.1 Å². The molecule has 0 aliphatic carbocycles. The molecule has 3 aromatic rings. The van der Waals surface area contributed by atoms with E-state index in [1.54, 1.807) is 72.8 Å². The summed E-state index contributed by atoms with van der Waals surface area (Å²) < 4.78 is 5.40. The fraction of sp³-hybridized carbons (Fsp3) is 0.115. The summed E-state index contributed by atoms with van der Waals surface area (Å²) in [5, 5.41) is 6.05. The normalized spacial score (nSPS) is 13.3. The summed E-state index contributed by atoms with van der Waals surface area (Å²) in [4.78, 5) is 38.9. The predicted octanol–water partition coefficient (Wildman–Crippen LogP) is 5.36. The number of ether oxygens (including phenoxy) is 1. The maximum Gasteiger partial charge on any atom is 0.283 e. The van der Waals surface area contributed by atoms with Crippen molar-refractivity contribution in [3.63, 3.8) is 0 Å². The Balaban J connectivity index is 1.40. The number of carbonyl (C=O) groups is 3. The molecule has 0 atom stereocenters. The third-order valence-corrected chi connectivity index (χ3v) is 5.72. The van der Waals surface area contributed by atoms with Crippen LogP contribution in [0.3, 0.4) is 0 Å². The van der Waals surface area contributed by atoms with E-state index in [4.69, 9.17) is 27.9 Å². The topological polar surface area (TPSA) is 87.7 Å². The van der Waals surface area contributed by atoms with E-state index in [1.165, 1.54) is 0 Å². The zero-order valence-electron chi connectivity index (χ0n) is 18.7. The van der Waals surface area contributed by atoms with Crippen LogP contribution in [0.25, 0.3) is 0 Å². The van der Waals surface area contributed by atoms with Crippen molar-refractivity contribution >= 4 is 58.0 Å². The van der Waals surface area contributed by atoms with Crippen LogP contribution in [0.4, 0.5) is 17.1 Å². The second kappa shape index (κ2) is 10.6. The number of rotatable bonds is 8. The van der Waals surface area contributed by atoms with Gasteiger partial charge in [-0.2, -0.15) is 0 Å². The summed E-state index contributed by atoms with van der Waals surface area (Å²) in [6.07, 6.45) is 0.152.